The van der Waals surface area contributed by atoms with Crippen LogP contribution in [0.1, 0.15) is 12.8 Å². The predicted octanol–water partition coefficient (Wildman–Crippen LogP) is 3.88. The summed E-state index contributed by atoms with van der Waals surface area (Å²) in [6, 6.07) is 7.90. The van der Waals surface area contributed by atoms with Gasteiger partial charge in [-0.15, -0.1) is 35.0 Å². The molecule has 0 bridgehead atoms. The molecule has 1 aromatic carbocycles. The average molecular weight is 480 g/mol. The third-order valence-corrected chi connectivity index (χ3v) is 6.45. The third-order valence-electron chi connectivity index (χ3n) is 5.37. The summed E-state index contributed by atoms with van der Waals surface area (Å²) in [6.07, 6.45) is 5.85. The summed E-state index contributed by atoms with van der Waals surface area (Å²) >= 11 is 1.61. The molecule has 0 aliphatic carbocycles. The molecular weight excluding hydrogens is 457 g/mol. The summed E-state index contributed by atoms with van der Waals surface area (Å²) in [5.74, 6) is 0.160. The maximum Gasteiger partial charge on any atom is 0.194 e. The van der Waals surface area contributed by atoms with Gasteiger partial charge >= 0.3 is 0 Å². The van der Waals surface area contributed by atoms with Crippen LogP contribution in [-0.4, -0.2) is 56.7 Å². The number of piperidine rings is 1. The first kappa shape index (κ1) is 23.2. The van der Waals surface area contributed by atoms with Gasteiger partial charge in [0.15, 0.2) is 10.8 Å². The zero-order chi connectivity index (χ0) is 19.8. The number of benzene rings is 1. The molecule has 0 spiro atoms. The summed E-state index contributed by atoms with van der Waals surface area (Å²) in [7, 11) is 2.09. The highest BCUT2D eigenvalue weighted by atomic mass is 35.5. The van der Waals surface area contributed by atoms with Gasteiger partial charge in [-0.2, -0.15) is 10.1 Å². The van der Waals surface area contributed by atoms with E-state index >= 15 is 0 Å². The number of thiazole rings is 1. The van der Waals surface area contributed by atoms with Crippen LogP contribution in [0.5, 0.6) is 5.75 Å². The van der Waals surface area contributed by atoms with E-state index < -0.39 is 0 Å². The minimum absolute atomic E-state index is 0. The number of nitrogens with one attached hydrogen (secondary N) is 2. The zero-order valence-corrected chi connectivity index (χ0v) is 19.2. The number of halogens is 2. The Balaban J connectivity index is 0.00000136. The summed E-state index contributed by atoms with van der Waals surface area (Å²) in [5, 5.41) is 30.3. The minimum atomic E-state index is 0. The largest absolute Gasteiger partial charge is 0.507 e. The van der Waals surface area contributed by atoms with Crippen LogP contribution < -0.4 is 10.2 Å². The van der Waals surface area contributed by atoms with Crippen LogP contribution in [0.2, 0.25) is 0 Å². The van der Waals surface area contributed by atoms with Crippen molar-refractivity contribution in [1.29, 1.82) is 0 Å². The van der Waals surface area contributed by atoms with E-state index in [0.29, 0.717) is 22.9 Å². The van der Waals surface area contributed by atoms with Gasteiger partial charge in [-0.1, -0.05) is 17.4 Å². The number of aromatic nitrogens is 5. The molecule has 3 N–H and O–H groups in total. The van der Waals surface area contributed by atoms with Crippen molar-refractivity contribution < 1.29 is 5.11 Å². The molecule has 31 heavy (non-hydrogen) atoms. The van der Waals surface area contributed by atoms with Crippen molar-refractivity contribution in [2.45, 2.75) is 18.9 Å². The number of hydrogen-bond acceptors (Lipinski definition) is 8. The molecule has 1 saturated heterocycles. The van der Waals surface area contributed by atoms with E-state index in [1.807, 2.05) is 18.2 Å². The van der Waals surface area contributed by atoms with E-state index in [1.165, 1.54) is 6.42 Å². The highest BCUT2D eigenvalue weighted by molar-refractivity contribution is 7.22. The Kier molecular flexibility index (Phi) is 7.32. The molecule has 1 aliphatic rings. The average Bonchev–Trinajstić information content (AvgIpc) is 3.43. The number of hydrogen-bond donors (Lipinski definition) is 3. The maximum atomic E-state index is 10.6. The molecule has 4 heterocycles. The molecule has 164 valence electrons. The van der Waals surface area contributed by atoms with Gasteiger partial charge in [-0.05, 0) is 43.1 Å². The van der Waals surface area contributed by atoms with E-state index in [-0.39, 0.29) is 30.6 Å². The van der Waals surface area contributed by atoms with Crippen LogP contribution in [-0.2, 0) is 0 Å². The van der Waals surface area contributed by atoms with E-state index in [0.717, 1.165) is 40.5 Å². The number of fused-ring (bicyclic) bond motifs is 1. The lowest BCUT2D eigenvalue weighted by Crippen LogP contribution is -2.44. The zero-order valence-electron chi connectivity index (χ0n) is 16.8. The Labute approximate surface area is 195 Å². The predicted molar refractivity (Wildman–Crippen MR) is 129 cm³/mol. The maximum absolute atomic E-state index is 10.6. The Morgan fingerprint density at radius 1 is 1.16 bits per heavy atom. The number of nitrogens with zero attached hydrogens (tertiary/aromatic N) is 5. The lowest BCUT2D eigenvalue weighted by molar-refractivity contribution is 0.445. The van der Waals surface area contributed by atoms with Gasteiger partial charge in [0.2, 0.25) is 0 Å². The summed E-state index contributed by atoms with van der Waals surface area (Å²) in [4.78, 5) is 6.89. The van der Waals surface area contributed by atoms with Gasteiger partial charge < -0.3 is 15.3 Å². The molecule has 3 aromatic heterocycles. The van der Waals surface area contributed by atoms with Crippen LogP contribution in [0, 0.1) is 0 Å². The third kappa shape index (κ3) is 4.59. The van der Waals surface area contributed by atoms with Crippen molar-refractivity contribution in [3.8, 4) is 28.1 Å². The van der Waals surface area contributed by atoms with Crippen molar-refractivity contribution in [2.24, 2.45) is 0 Å². The lowest BCUT2D eigenvalue weighted by Gasteiger charge is -2.31. The van der Waals surface area contributed by atoms with Gasteiger partial charge in [-0.3, -0.25) is 5.10 Å². The number of aromatic amines is 1. The van der Waals surface area contributed by atoms with Gasteiger partial charge in [0.05, 0.1) is 16.6 Å². The van der Waals surface area contributed by atoms with Crippen molar-refractivity contribution in [1.82, 2.24) is 30.7 Å². The van der Waals surface area contributed by atoms with E-state index in [1.54, 1.807) is 29.8 Å². The normalized spacial score (nSPS) is 15.8. The number of anilines is 1. The molecule has 8 nitrogen and oxygen atoms in total. The molecule has 0 saturated carbocycles. The SMILES string of the molecule is CN(c1nc2nnc(-c3ccc(-c4cn[nH]c4)cc3O)cc2s1)[C@@H]1CCCNC1.Cl.Cl. The monoisotopic (exact) mass is 479 g/mol. The van der Waals surface area contributed by atoms with Crippen molar-refractivity contribution >= 4 is 51.6 Å². The molecule has 0 radical (unpaired) electrons. The fraction of sp³-hybridized carbons (Fsp3) is 0.300. The molecule has 11 heteroatoms. The second kappa shape index (κ2) is 9.78. The molecule has 1 aliphatic heterocycles. The smallest absolute Gasteiger partial charge is 0.194 e. The summed E-state index contributed by atoms with van der Waals surface area (Å²) < 4.78 is 0.957. The van der Waals surface area contributed by atoms with E-state index in [2.05, 4.69) is 42.6 Å². The van der Waals surface area contributed by atoms with Crippen LogP contribution in [0.3, 0.4) is 0 Å². The van der Waals surface area contributed by atoms with Crippen LogP contribution in [0.4, 0.5) is 5.13 Å². The second-order valence-electron chi connectivity index (χ2n) is 7.24. The number of phenolic OH excluding ortho intramolecular Hbond substituents is 1. The fourth-order valence-electron chi connectivity index (χ4n) is 3.67. The molecule has 4 aromatic rings. The van der Waals surface area contributed by atoms with Gasteiger partial charge in [0.25, 0.3) is 0 Å². The van der Waals surface area contributed by atoms with Gasteiger partial charge in [0, 0.05) is 37.0 Å². The molecule has 0 unspecified atom stereocenters. The number of likely N-dealkylation sites (N-methyl/N-ethyl adjacent to an activating group) is 1. The molecule has 1 fully saturated rings. The first-order valence-electron chi connectivity index (χ1n) is 9.59. The fourth-order valence-corrected chi connectivity index (χ4v) is 4.64. The van der Waals surface area contributed by atoms with Gasteiger partial charge in [0.1, 0.15) is 5.75 Å². The number of phenols is 1. The van der Waals surface area contributed by atoms with Gasteiger partial charge in [-0.25, -0.2) is 0 Å². The quantitative estimate of drug-likeness (QED) is 0.407. The molecule has 1 atom stereocenters. The van der Waals surface area contributed by atoms with Crippen molar-refractivity contribution in [3.63, 3.8) is 0 Å². The van der Waals surface area contributed by atoms with Crippen molar-refractivity contribution in [3.05, 3.63) is 36.7 Å². The number of rotatable bonds is 4. The Morgan fingerprint density at radius 2 is 2.03 bits per heavy atom. The Hall–Kier alpha value is -2.46. The molecule has 0 amide bonds. The first-order chi connectivity index (χ1) is 14.2. The van der Waals surface area contributed by atoms with E-state index in [9.17, 15) is 5.11 Å². The number of aromatic hydroxyl groups is 1. The van der Waals surface area contributed by atoms with Crippen LogP contribution in [0.25, 0.3) is 32.7 Å². The summed E-state index contributed by atoms with van der Waals surface area (Å²) in [6.45, 7) is 2.06. The standard InChI is InChI=1S/C20H21N7OS.2ClH/c1-27(14-3-2-6-21-11-14)20-24-19-18(29-20)8-16(25-26-19)15-5-4-12(7-17(15)28)13-9-22-23-10-13;;/h4-5,7-10,14,21,28H,2-3,6,11H2,1H3,(H,22,23);2*1H/t14-;;/m1../s1. The van der Waals surface area contributed by atoms with Crippen LogP contribution >= 0.6 is 36.2 Å². The lowest BCUT2D eigenvalue weighted by atomic mass is 10.0. The first-order valence-corrected chi connectivity index (χ1v) is 10.4. The highest BCUT2D eigenvalue weighted by Crippen LogP contribution is 2.35. The summed E-state index contributed by atoms with van der Waals surface area (Å²) in [5.41, 5.74) is 3.72. The molecular formula is C20H23Cl2N7OS. The number of H-pyrrole nitrogens is 1. The van der Waals surface area contributed by atoms with E-state index in [4.69, 9.17) is 0 Å². The highest BCUT2D eigenvalue weighted by Gasteiger charge is 2.21. The molecule has 5 rings (SSSR count). The second-order valence-corrected chi connectivity index (χ2v) is 8.25. The Morgan fingerprint density at radius 3 is 2.74 bits per heavy atom. The van der Waals surface area contributed by atoms with Crippen LogP contribution in [0.15, 0.2) is 36.7 Å². The Bertz CT molecular complexity index is 1150. The topological polar surface area (TPSA) is 103 Å². The van der Waals surface area contributed by atoms with Crippen molar-refractivity contribution in [2.75, 3.05) is 25.0 Å². The minimum Gasteiger partial charge on any atom is -0.507 e.